The molecule has 0 atom stereocenters. The van der Waals surface area contributed by atoms with E-state index in [1.54, 1.807) is 13.1 Å². The van der Waals surface area contributed by atoms with Gasteiger partial charge in [-0.3, -0.25) is 14.2 Å². The van der Waals surface area contributed by atoms with Crippen LogP contribution < -0.4 is 16.0 Å². The molecule has 0 spiro atoms. The Balaban J connectivity index is 1.52. The van der Waals surface area contributed by atoms with E-state index in [1.807, 2.05) is 36.4 Å². The van der Waals surface area contributed by atoms with Gasteiger partial charge in [-0.2, -0.15) is 0 Å². The summed E-state index contributed by atoms with van der Waals surface area (Å²) in [5, 5.41) is 8.70. The Bertz CT molecular complexity index is 1480. The molecule has 3 N–H and O–H groups in total. The molecular formula is C21H18N4O4S3. The van der Waals surface area contributed by atoms with Gasteiger partial charge >= 0.3 is 0 Å². The molecule has 0 saturated heterocycles. The first-order valence-corrected chi connectivity index (χ1v) is 12.7. The Labute approximate surface area is 192 Å². The summed E-state index contributed by atoms with van der Waals surface area (Å²) >= 11 is 2.54. The number of amides is 1. The number of thioether (sulfide) groups is 1. The monoisotopic (exact) mass is 486 g/mol. The van der Waals surface area contributed by atoms with Crippen LogP contribution in [0.4, 0.5) is 5.69 Å². The Hall–Kier alpha value is -2.99. The molecule has 0 saturated carbocycles. The Kier molecular flexibility index (Phi) is 6.15. The Morgan fingerprint density at radius 2 is 1.91 bits per heavy atom. The second-order valence-electron chi connectivity index (χ2n) is 6.86. The normalized spacial score (nSPS) is 11.6. The number of fused-ring (bicyclic) bond motifs is 1. The minimum absolute atomic E-state index is 0.0116. The van der Waals surface area contributed by atoms with E-state index in [1.165, 1.54) is 34.1 Å². The van der Waals surface area contributed by atoms with Crippen LogP contribution in [0.5, 0.6) is 0 Å². The van der Waals surface area contributed by atoms with Crippen LogP contribution in [0.1, 0.15) is 0 Å². The van der Waals surface area contributed by atoms with E-state index in [0.29, 0.717) is 21.1 Å². The molecule has 8 nitrogen and oxygen atoms in total. The minimum Gasteiger partial charge on any atom is -0.325 e. The Morgan fingerprint density at radius 1 is 1.16 bits per heavy atom. The molecule has 0 bridgehead atoms. The van der Waals surface area contributed by atoms with Gasteiger partial charge in [0.05, 0.1) is 16.0 Å². The van der Waals surface area contributed by atoms with Gasteiger partial charge < -0.3 is 5.32 Å². The molecular weight excluding hydrogens is 468 g/mol. The summed E-state index contributed by atoms with van der Waals surface area (Å²) in [6.07, 6.45) is 0. The second-order valence-corrected chi connectivity index (χ2v) is 10.4. The molecule has 2 heterocycles. The standard InChI is InChI=1S/C21H18N4O4S3/c1-25-20(27)16-11-17(13-6-3-2-4-7-13)31-19(16)24-21(25)30-12-18(26)23-14-8-5-9-15(10-14)32(22,28)29/h2-11H,12H2,1H3,(H,23,26)(H2,22,28,29). The highest BCUT2D eigenvalue weighted by Crippen LogP contribution is 2.32. The van der Waals surface area contributed by atoms with Gasteiger partial charge in [-0.1, -0.05) is 48.2 Å². The lowest BCUT2D eigenvalue weighted by Crippen LogP contribution is -2.21. The first-order chi connectivity index (χ1) is 15.2. The number of primary sulfonamides is 1. The van der Waals surface area contributed by atoms with Gasteiger partial charge in [-0.15, -0.1) is 11.3 Å². The lowest BCUT2D eigenvalue weighted by molar-refractivity contribution is -0.113. The van der Waals surface area contributed by atoms with Gasteiger partial charge in [-0.25, -0.2) is 18.5 Å². The third-order valence-electron chi connectivity index (χ3n) is 4.57. The maximum atomic E-state index is 12.8. The summed E-state index contributed by atoms with van der Waals surface area (Å²) in [5.41, 5.74) is 1.13. The topological polar surface area (TPSA) is 124 Å². The molecule has 4 aromatic rings. The number of sulfonamides is 1. The molecule has 0 radical (unpaired) electrons. The summed E-state index contributed by atoms with van der Waals surface area (Å²) in [4.78, 5) is 31.2. The highest BCUT2D eigenvalue weighted by molar-refractivity contribution is 7.99. The number of nitrogens with one attached hydrogen (secondary N) is 1. The van der Waals surface area contributed by atoms with Gasteiger partial charge in [0.1, 0.15) is 4.83 Å². The number of hydrogen-bond acceptors (Lipinski definition) is 7. The third-order valence-corrected chi connectivity index (χ3v) is 7.59. The molecule has 0 aliphatic rings. The van der Waals surface area contributed by atoms with E-state index in [0.717, 1.165) is 22.2 Å². The molecule has 164 valence electrons. The second kappa shape index (κ2) is 8.87. The van der Waals surface area contributed by atoms with E-state index in [4.69, 9.17) is 5.14 Å². The van der Waals surface area contributed by atoms with Crippen molar-refractivity contribution < 1.29 is 13.2 Å². The fraction of sp³-hybridized carbons (Fsp3) is 0.0952. The van der Waals surface area contributed by atoms with Crippen LogP contribution >= 0.6 is 23.1 Å². The van der Waals surface area contributed by atoms with Crippen molar-refractivity contribution in [3.63, 3.8) is 0 Å². The van der Waals surface area contributed by atoms with E-state index < -0.39 is 10.0 Å². The highest BCUT2D eigenvalue weighted by Gasteiger charge is 2.15. The third kappa shape index (κ3) is 4.75. The molecule has 0 aliphatic heterocycles. The van der Waals surface area contributed by atoms with Gasteiger partial charge in [0.25, 0.3) is 5.56 Å². The number of hydrogen-bond donors (Lipinski definition) is 2. The van der Waals surface area contributed by atoms with Crippen LogP contribution in [-0.4, -0.2) is 29.6 Å². The van der Waals surface area contributed by atoms with Gasteiger partial charge in [-0.05, 0) is 29.8 Å². The number of thiophene rings is 1. The quantitative estimate of drug-likeness (QED) is 0.319. The average molecular weight is 487 g/mol. The minimum atomic E-state index is -3.87. The van der Waals surface area contributed by atoms with E-state index in [9.17, 15) is 18.0 Å². The van der Waals surface area contributed by atoms with Gasteiger partial charge in [0.2, 0.25) is 15.9 Å². The summed E-state index contributed by atoms with van der Waals surface area (Å²) in [5.74, 6) is -0.380. The first kappa shape index (κ1) is 22.2. The predicted molar refractivity (Wildman–Crippen MR) is 127 cm³/mol. The fourth-order valence-corrected chi connectivity index (χ4v) is 5.41. The first-order valence-electron chi connectivity index (χ1n) is 9.34. The molecule has 0 fully saturated rings. The van der Waals surface area contributed by atoms with Crippen LogP contribution in [0.25, 0.3) is 20.7 Å². The van der Waals surface area contributed by atoms with Crippen LogP contribution in [0.3, 0.4) is 0 Å². The summed E-state index contributed by atoms with van der Waals surface area (Å²) in [6.45, 7) is 0. The zero-order valence-corrected chi connectivity index (χ0v) is 19.3. The van der Waals surface area contributed by atoms with Crippen molar-refractivity contribution in [2.24, 2.45) is 12.2 Å². The van der Waals surface area contributed by atoms with Crippen molar-refractivity contribution in [1.29, 1.82) is 0 Å². The number of aromatic nitrogens is 2. The average Bonchev–Trinajstić information content (AvgIpc) is 3.20. The number of carbonyl (C=O) groups excluding carboxylic acids is 1. The molecule has 0 aliphatic carbocycles. The molecule has 32 heavy (non-hydrogen) atoms. The lowest BCUT2D eigenvalue weighted by atomic mass is 10.2. The van der Waals surface area contributed by atoms with E-state index in [2.05, 4.69) is 10.3 Å². The zero-order chi connectivity index (χ0) is 22.9. The molecule has 2 aromatic heterocycles. The van der Waals surface area contributed by atoms with Crippen molar-refractivity contribution in [2.75, 3.05) is 11.1 Å². The van der Waals surface area contributed by atoms with Crippen LogP contribution in [0.2, 0.25) is 0 Å². The number of benzene rings is 2. The molecule has 0 unspecified atom stereocenters. The molecule has 11 heteroatoms. The SMILES string of the molecule is Cn1c(SCC(=O)Nc2cccc(S(N)(=O)=O)c2)nc2sc(-c3ccccc3)cc2c1=O. The number of anilines is 1. The van der Waals surface area contributed by atoms with Gasteiger partial charge in [0, 0.05) is 17.6 Å². The summed E-state index contributed by atoms with van der Waals surface area (Å²) < 4.78 is 24.4. The largest absolute Gasteiger partial charge is 0.325 e. The van der Waals surface area contributed by atoms with Crippen LogP contribution in [0.15, 0.2) is 75.5 Å². The Morgan fingerprint density at radius 3 is 2.62 bits per heavy atom. The van der Waals surface area contributed by atoms with Crippen LogP contribution in [-0.2, 0) is 21.9 Å². The van der Waals surface area contributed by atoms with Crippen molar-refractivity contribution >= 4 is 54.9 Å². The number of nitrogens with zero attached hydrogens (tertiary/aromatic N) is 2. The van der Waals surface area contributed by atoms with Crippen LogP contribution in [0, 0.1) is 0 Å². The van der Waals surface area contributed by atoms with E-state index in [-0.39, 0.29) is 22.1 Å². The maximum Gasteiger partial charge on any atom is 0.262 e. The molecule has 1 amide bonds. The number of rotatable bonds is 6. The number of nitrogens with two attached hydrogens (primary N) is 1. The number of carbonyl (C=O) groups is 1. The fourth-order valence-electron chi connectivity index (χ4n) is 3.00. The van der Waals surface area contributed by atoms with E-state index >= 15 is 0 Å². The van der Waals surface area contributed by atoms with Crippen molar-refractivity contribution in [3.8, 4) is 10.4 Å². The predicted octanol–water partition coefficient (Wildman–Crippen LogP) is 3.04. The van der Waals surface area contributed by atoms with Crippen molar-refractivity contribution in [1.82, 2.24) is 9.55 Å². The molecule has 4 rings (SSSR count). The lowest BCUT2D eigenvalue weighted by Gasteiger charge is -2.08. The van der Waals surface area contributed by atoms with Gasteiger partial charge in [0.15, 0.2) is 5.16 Å². The summed E-state index contributed by atoms with van der Waals surface area (Å²) in [7, 11) is -2.25. The molecule has 2 aromatic carbocycles. The summed E-state index contributed by atoms with van der Waals surface area (Å²) in [6, 6.07) is 17.3. The maximum absolute atomic E-state index is 12.8. The van der Waals surface area contributed by atoms with Crippen molar-refractivity contribution in [3.05, 3.63) is 71.0 Å². The van der Waals surface area contributed by atoms with Crippen molar-refractivity contribution in [2.45, 2.75) is 10.1 Å². The highest BCUT2D eigenvalue weighted by atomic mass is 32.2. The zero-order valence-electron chi connectivity index (χ0n) is 16.8. The smallest absolute Gasteiger partial charge is 0.262 e.